The first-order valence-corrected chi connectivity index (χ1v) is 13.0. The van der Waals surface area contributed by atoms with Gasteiger partial charge in [-0.3, -0.25) is 0 Å². The van der Waals surface area contributed by atoms with Crippen molar-refractivity contribution in [2.45, 2.75) is 96.4 Å². The topological polar surface area (TPSA) is 63.9 Å². The molecule has 180 valence electrons. The van der Waals surface area contributed by atoms with Gasteiger partial charge in [0.25, 0.3) is 0 Å². The fraction of sp³-hybridized carbons (Fsp3) is 0.786. The van der Waals surface area contributed by atoms with Crippen LogP contribution < -0.4 is 0 Å². The van der Waals surface area contributed by atoms with E-state index >= 15 is 0 Å². The van der Waals surface area contributed by atoms with Gasteiger partial charge in [0.2, 0.25) is 0 Å². The number of aliphatic hydroxyl groups is 3. The molecule has 0 amide bonds. The Balaban J connectivity index is 1.44. The van der Waals surface area contributed by atoms with Crippen LogP contribution in [0, 0.1) is 23.2 Å². The normalized spacial score (nSPS) is 41.8. The first kappa shape index (κ1) is 24.2. The van der Waals surface area contributed by atoms with Crippen LogP contribution in [0.3, 0.4) is 0 Å². The first-order chi connectivity index (χ1) is 15.1. The molecular formula is C28H45NO3. The number of fused-ring (bicyclic) bond motifs is 1. The third kappa shape index (κ3) is 4.94. The monoisotopic (exact) mass is 443 g/mol. The molecular weight excluding hydrogens is 398 g/mol. The summed E-state index contributed by atoms with van der Waals surface area (Å²) in [5, 5.41) is 30.5. The highest BCUT2D eigenvalue weighted by Gasteiger charge is 2.50. The van der Waals surface area contributed by atoms with Crippen molar-refractivity contribution in [3.63, 3.8) is 0 Å². The molecule has 0 spiro atoms. The molecule has 1 aliphatic heterocycles. The molecule has 3 aliphatic carbocycles. The Hall–Kier alpha value is -0.940. The van der Waals surface area contributed by atoms with Gasteiger partial charge in [0.15, 0.2) is 0 Å². The van der Waals surface area contributed by atoms with Gasteiger partial charge in [0.1, 0.15) is 0 Å². The summed E-state index contributed by atoms with van der Waals surface area (Å²) >= 11 is 0. The van der Waals surface area contributed by atoms with Crippen LogP contribution >= 0.6 is 0 Å². The molecule has 0 aromatic heterocycles. The second-order valence-electron chi connectivity index (χ2n) is 11.9. The minimum atomic E-state index is -0.616. The van der Waals surface area contributed by atoms with E-state index in [0.717, 1.165) is 49.5 Å². The molecule has 4 fully saturated rings. The number of piperidine rings is 1. The molecule has 4 aliphatic rings. The van der Waals surface area contributed by atoms with Crippen molar-refractivity contribution in [1.82, 2.24) is 4.90 Å². The number of allylic oxidation sites excluding steroid dienone is 3. The van der Waals surface area contributed by atoms with Crippen molar-refractivity contribution in [2.75, 3.05) is 19.6 Å². The van der Waals surface area contributed by atoms with Crippen LogP contribution in [0.5, 0.6) is 0 Å². The van der Waals surface area contributed by atoms with Gasteiger partial charge in [-0.05, 0) is 92.6 Å². The second kappa shape index (κ2) is 9.37. The van der Waals surface area contributed by atoms with E-state index in [1.54, 1.807) is 5.57 Å². The van der Waals surface area contributed by atoms with Gasteiger partial charge in [0.05, 0.1) is 17.8 Å². The average Bonchev–Trinajstić information content (AvgIpc) is 3.08. The van der Waals surface area contributed by atoms with Crippen LogP contribution in [0.4, 0.5) is 0 Å². The summed E-state index contributed by atoms with van der Waals surface area (Å²) in [7, 11) is 0. The SMILES string of the molecule is C=C1/C(=C\C=C2/CCC[C@]3(C)[C@@H]([C@H](C)CN4CCC(C)(O)CC4)CC[C@@H]23)CC(O)CC1O. The molecule has 4 rings (SSSR count). The first-order valence-electron chi connectivity index (χ1n) is 13.0. The highest BCUT2D eigenvalue weighted by atomic mass is 16.3. The van der Waals surface area contributed by atoms with Crippen molar-refractivity contribution < 1.29 is 15.3 Å². The standard InChI is InChI=1S/C28H45NO3/c1-19(18-29-14-12-27(3,32)13-15-29)24-9-10-25-21(6-5-11-28(24,25)4)7-8-22-16-23(30)17-26(31)20(22)2/h7-8,19,23-26,30-32H,2,5-6,9-18H2,1,3-4H3/b21-7+,22-8-/t19-,23?,24-,25+,26?,28-/m1/s1. The third-order valence-electron chi connectivity index (χ3n) is 9.47. The summed E-state index contributed by atoms with van der Waals surface area (Å²) < 4.78 is 0. The Morgan fingerprint density at radius 2 is 1.84 bits per heavy atom. The quantitative estimate of drug-likeness (QED) is 0.594. The van der Waals surface area contributed by atoms with Gasteiger partial charge in [-0.1, -0.05) is 38.2 Å². The van der Waals surface area contributed by atoms with Crippen molar-refractivity contribution in [3.05, 3.63) is 35.5 Å². The molecule has 0 bridgehead atoms. The Labute approximate surface area is 195 Å². The fourth-order valence-corrected chi connectivity index (χ4v) is 7.43. The number of nitrogens with zero attached hydrogens (tertiary/aromatic N) is 1. The zero-order chi connectivity index (χ0) is 23.1. The van der Waals surface area contributed by atoms with Gasteiger partial charge in [-0.25, -0.2) is 0 Å². The zero-order valence-electron chi connectivity index (χ0n) is 20.5. The lowest BCUT2D eigenvalue weighted by atomic mass is 9.61. The molecule has 0 aromatic rings. The Bertz CT molecular complexity index is 759. The number of hydrogen-bond acceptors (Lipinski definition) is 4. The minimum absolute atomic E-state index is 0.367. The van der Waals surface area contributed by atoms with Crippen LogP contribution in [0.25, 0.3) is 0 Å². The smallest absolute Gasteiger partial charge is 0.0811 e. The Morgan fingerprint density at radius 3 is 2.56 bits per heavy atom. The second-order valence-corrected chi connectivity index (χ2v) is 11.9. The predicted octanol–water partition coefficient (Wildman–Crippen LogP) is 4.61. The van der Waals surface area contributed by atoms with E-state index in [4.69, 9.17) is 0 Å². The van der Waals surface area contributed by atoms with Crippen molar-refractivity contribution in [3.8, 4) is 0 Å². The minimum Gasteiger partial charge on any atom is -0.393 e. The van der Waals surface area contributed by atoms with Gasteiger partial charge < -0.3 is 20.2 Å². The van der Waals surface area contributed by atoms with Crippen molar-refractivity contribution >= 4 is 0 Å². The molecule has 1 heterocycles. The van der Waals surface area contributed by atoms with E-state index in [9.17, 15) is 15.3 Å². The molecule has 4 nitrogen and oxygen atoms in total. The van der Waals surface area contributed by atoms with Crippen molar-refractivity contribution in [2.24, 2.45) is 23.2 Å². The third-order valence-corrected chi connectivity index (χ3v) is 9.47. The summed E-state index contributed by atoms with van der Waals surface area (Å²) in [6, 6.07) is 0. The lowest BCUT2D eigenvalue weighted by Crippen LogP contribution is -2.46. The maximum absolute atomic E-state index is 10.3. The van der Waals surface area contributed by atoms with Gasteiger partial charge in [-0.15, -0.1) is 0 Å². The van der Waals surface area contributed by atoms with Gasteiger partial charge >= 0.3 is 0 Å². The fourth-order valence-electron chi connectivity index (χ4n) is 7.43. The van der Waals surface area contributed by atoms with Gasteiger partial charge in [0, 0.05) is 26.1 Å². The number of rotatable bonds is 4. The summed E-state index contributed by atoms with van der Waals surface area (Å²) in [4.78, 5) is 2.58. The number of hydrogen-bond donors (Lipinski definition) is 3. The van der Waals surface area contributed by atoms with E-state index in [0.29, 0.717) is 30.1 Å². The summed E-state index contributed by atoms with van der Waals surface area (Å²) in [6.07, 6.45) is 12.5. The van der Waals surface area contributed by atoms with E-state index in [1.807, 2.05) is 6.92 Å². The average molecular weight is 444 g/mol. The molecule has 3 N–H and O–H groups in total. The highest BCUT2D eigenvalue weighted by Crippen LogP contribution is 2.59. The zero-order valence-corrected chi connectivity index (χ0v) is 20.5. The van der Waals surface area contributed by atoms with E-state index in [-0.39, 0.29) is 0 Å². The molecule has 1 saturated heterocycles. The van der Waals surface area contributed by atoms with E-state index in [2.05, 4.69) is 37.5 Å². The molecule has 32 heavy (non-hydrogen) atoms. The summed E-state index contributed by atoms with van der Waals surface area (Å²) in [5.74, 6) is 2.07. The van der Waals surface area contributed by atoms with Crippen molar-refractivity contribution in [1.29, 1.82) is 0 Å². The molecule has 3 saturated carbocycles. The van der Waals surface area contributed by atoms with Crippen LogP contribution in [-0.4, -0.2) is 57.7 Å². The lowest BCUT2D eigenvalue weighted by Gasteiger charge is -2.46. The largest absolute Gasteiger partial charge is 0.393 e. The van der Waals surface area contributed by atoms with Crippen LogP contribution in [0.1, 0.15) is 78.6 Å². The van der Waals surface area contributed by atoms with Gasteiger partial charge in [-0.2, -0.15) is 0 Å². The molecule has 0 aromatic carbocycles. The number of likely N-dealkylation sites (tertiary alicyclic amines) is 1. The molecule has 0 radical (unpaired) electrons. The lowest BCUT2D eigenvalue weighted by molar-refractivity contribution is -0.0145. The molecule has 2 unspecified atom stereocenters. The number of aliphatic hydroxyl groups excluding tert-OH is 2. The van der Waals surface area contributed by atoms with E-state index < -0.39 is 17.8 Å². The highest BCUT2D eigenvalue weighted by molar-refractivity contribution is 5.38. The maximum Gasteiger partial charge on any atom is 0.0811 e. The Morgan fingerprint density at radius 1 is 1.12 bits per heavy atom. The summed E-state index contributed by atoms with van der Waals surface area (Å²) in [5.41, 5.74) is 3.25. The Kier molecular flexibility index (Phi) is 7.08. The molecule has 4 heteroatoms. The maximum atomic E-state index is 10.3. The van der Waals surface area contributed by atoms with Crippen LogP contribution in [-0.2, 0) is 0 Å². The van der Waals surface area contributed by atoms with E-state index in [1.165, 1.54) is 32.1 Å². The predicted molar refractivity (Wildman–Crippen MR) is 130 cm³/mol. The van der Waals surface area contributed by atoms with Crippen LogP contribution in [0.2, 0.25) is 0 Å². The van der Waals surface area contributed by atoms with Crippen LogP contribution in [0.15, 0.2) is 35.5 Å². The summed E-state index contributed by atoms with van der Waals surface area (Å²) in [6.45, 7) is 14.2. The molecule has 6 atom stereocenters.